The molecule has 0 bridgehead atoms. The molecule has 0 aliphatic rings. The van der Waals surface area contributed by atoms with Crippen LogP contribution in [-0.4, -0.2) is 30.6 Å². The monoisotopic (exact) mass is 345 g/mol. The molecular formula is C24H27NO. The first kappa shape index (κ1) is 18.4. The normalized spacial score (nSPS) is 12.9. The number of aliphatic hydroxyl groups is 1. The Hall–Kier alpha value is -2.42. The van der Waals surface area contributed by atoms with E-state index in [1.807, 2.05) is 66.7 Å². The Balaban J connectivity index is 2.10. The van der Waals surface area contributed by atoms with Crippen LogP contribution in [0.3, 0.4) is 0 Å². The van der Waals surface area contributed by atoms with E-state index in [-0.39, 0.29) is 5.92 Å². The van der Waals surface area contributed by atoms with Crippen molar-refractivity contribution in [2.75, 3.05) is 20.6 Å². The lowest BCUT2D eigenvalue weighted by molar-refractivity contribution is 0.00509. The van der Waals surface area contributed by atoms with E-state index in [2.05, 4.69) is 43.3 Å². The minimum atomic E-state index is -1.05. The molecule has 0 spiro atoms. The molecule has 3 rings (SSSR count). The van der Waals surface area contributed by atoms with E-state index in [9.17, 15) is 5.11 Å². The smallest absolute Gasteiger partial charge is 0.119 e. The highest BCUT2D eigenvalue weighted by Gasteiger charge is 2.40. The third-order valence-corrected chi connectivity index (χ3v) is 4.93. The van der Waals surface area contributed by atoms with Crippen LogP contribution in [0.1, 0.15) is 16.7 Å². The summed E-state index contributed by atoms with van der Waals surface area (Å²) in [5.41, 5.74) is 2.07. The molecule has 3 aromatic rings. The van der Waals surface area contributed by atoms with Gasteiger partial charge in [-0.3, -0.25) is 0 Å². The van der Waals surface area contributed by atoms with Crippen molar-refractivity contribution in [2.24, 2.45) is 5.92 Å². The second-order valence-electron chi connectivity index (χ2n) is 7.15. The topological polar surface area (TPSA) is 23.5 Å². The maximum atomic E-state index is 12.1. The highest BCUT2D eigenvalue weighted by Crippen LogP contribution is 2.39. The first-order valence-corrected chi connectivity index (χ1v) is 9.13. The number of hydrogen-bond acceptors (Lipinski definition) is 2. The van der Waals surface area contributed by atoms with Gasteiger partial charge in [-0.1, -0.05) is 91.0 Å². The van der Waals surface area contributed by atoms with Gasteiger partial charge in [-0.25, -0.2) is 0 Å². The quantitative estimate of drug-likeness (QED) is 0.688. The van der Waals surface area contributed by atoms with Crippen molar-refractivity contribution < 1.29 is 5.11 Å². The predicted octanol–water partition coefficient (Wildman–Crippen LogP) is 4.34. The summed E-state index contributed by atoms with van der Waals surface area (Å²) in [6.07, 6.45) is 0.805. The number of benzene rings is 3. The molecule has 1 N–H and O–H groups in total. The summed E-state index contributed by atoms with van der Waals surface area (Å²) in [5, 5.41) is 12.1. The number of nitrogens with zero attached hydrogens (tertiary/aromatic N) is 1. The Bertz CT molecular complexity index is 745. The fraction of sp³-hybridized carbons (Fsp3) is 0.250. The van der Waals surface area contributed by atoms with Gasteiger partial charge in [0.15, 0.2) is 0 Å². The van der Waals surface area contributed by atoms with Crippen LogP contribution in [0.15, 0.2) is 91.0 Å². The first-order chi connectivity index (χ1) is 12.6. The molecule has 0 unspecified atom stereocenters. The molecule has 134 valence electrons. The summed E-state index contributed by atoms with van der Waals surface area (Å²) in [6, 6.07) is 30.5. The zero-order chi connectivity index (χ0) is 18.4. The molecule has 0 aliphatic heterocycles. The Labute approximate surface area is 156 Å². The Kier molecular flexibility index (Phi) is 5.87. The van der Waals surface area contributed by atoms with Crippen LogP contribution >= 0.6 is 0 Å². The molecule has 0 saturated carbocycles. The molecule has 0 aliphatic carbocycles. The van der Waals surface area contributed by atoms with E-state index in [0.29, 0.717) is 0 Å². The minimum absolute atomic E-state index is 0.0182. The van der Waals surface area contributed by atoms with Gasteiger partial charge in [0.1, 0.15) is 5.60 Å². The Morgan fingerprint density at radius 2 is 1.15 bits per heavy atom. The predicted molar refractivity (Wildman–Crippen MR) is 108 cm³/mol. The minimum Gasteiger partial charge on any atom is -0.380 e. The van der Waals surface area contributed by atoms with Crippen LogP contribution in [0.2, 0.25) is 0 Å². The van der Waals surface area contributed by atoms with E-state index < -0.39 is 5.60 Å². The van der Waals surface area contributed by atoms with Crippen molar-refractivity contribution >= 4 is 0 Å². The van der Waals surface area contributed by atoms with Gasteiger partial charge in [0.25, 0.3) is 0 Å². The van der Waals surface area contributed by atoms with Gasteiger partial charge >= 0.3 is 0 Å². The van der Waals surface area contributed by atoms with Crippen LogP contribution in [-0.2, 0) is 12.0 Å². The van der Waals surface area contributed by atoms with Crippen LogP contribution in [0.4, 0.5) is 0 Å². The van der Waals surface area contributed by atoms with E-state index in [0.717, 1.165) is 24.1 Å². The molecular weight excluding hydrogens is 318 g/mol. The van der Waals surface area contributed by atoms with E-state index in [1.54, 1.807) is 0 Å². The Morgan fingerprint density at radius 1 is 0.731 bits per heavy atom. The summed E-state index contributed by atoms with van der Waals surface area (Å²) < 4.78 is 0. The average Bonchev–Trinajstić information content (AvgIpc) is 2.69. The van der Waals surface area contributed by atoms with Crippen LogP contribution in [0, 0.1) is 5.92 Å². The summed E-state index contributed by atoms with van der Waals surface area (Å²) >= 11 is 0. The van der Waals surface area contributed by atoms with Gasteiger partial charge in [0, 0.05) is 12.5 Å². The fourth-order valence-corrected chi connectivity index (χ4v) is 3.71. The van der Waals surface area contributed by atoms with E-state index in [1.165, 1.54) is 5.56 Å². The number of hydrogen-bond donors (Lipinski definition) is 1. The zero-order valence-corrected chi connectivity index (χ0v) is 15.5. The largest absolute Gasteiger partial charge is 0.380 e. The van der Waals surface area contributed by atoms with Gasteiger partial charge in [-0.05, 0) is 37.2 Å². The van der Waals surface area contributed by atoms with E-state index >= 15 is 0 Å². The maximum Gasteiger partial charge on any atom is 0.119 e. The standard InChI is InChI=1S/C24H27NO/c1-25(2)19-23(18-20-12-6-3-7-13-20)24(26,21-14-8-4-9-15-21)22-16-10-5-11-17-22/h3-17,23,26H,18-19H2,1-2H3/t23-/m0/s1. The van der Waals surface area contributed by atoms with E-state index in [4.69, 9.17) is 0 Å². The zero-order valence-electron chi connectivity index (χ0n) is 15.5. The van der Waals surface area contributed by atoms with Crippen LogP contribution < -0.4 is 0 Å². The molecule has 0 saturated heterocycles. The fourth-order valence-electron chi connectivity index (χ4n) is 3.71. The molecule has 0 radical (unpaired) electrons. The van der Waals surface area contributed by atoms with Gasteiger partial charge in [-0.2, -0.15) is 0 Å². The average molecular weight is 345 g/mol. The van der Waals surface area contributed by atoms with Crippen molar-refractivity contribution in [1.82, 2.24) is 4.90 Å². The Morgan fingerprint density at radius 3 is 1.58 bits per heavy atom. The maximum absolute atomic E-state index is 12.1. The highest BCUT2D eigenvalue weighted by atomic mass is 16.3. The summed E-state index contributed by atoms with van der Waals surface area (Å²) in [4.78, 5) is 2.16. The van der Waals surface area contributed by atoms with Crippen molar-refractivity contribution in [3.63, 3.8) is 0 Å². The van der Waals surface area contributed by atoms with Gasteiger partial charge in [-0.15, -0.1) is 0 Å². The molecule has 0 heterocycles. The number of rotatable bonds is 7. The summed E-state index contributed by atoms with van der Waals surface area (Å²) in [5.74, 6) is 0.0182. The van der Waals surface area contributed by atoms with Crippen molar-refractivity contribution in [2.45, 2.75) is 12.0 Å². The lowest BCUT2D eigenvalue weighted by atomic mass is 9.73. The second-order valence-corrected chi connectivity index (χ2v) is 7.15. The lowest BCUT2D eigenvalue weighted by Crippen LogP contribution is -2.43. The van der Waals surface area contributed by atoms with Crippen molar-refractivity contribution in [1.29, 1.82) is 0 Å². The summed E-state index contributed by atoms with van der Waals surface area (Å²) in [6.45, 7) is 0.787. The first-order valence-electron chi connectivity index (χ1n) is 9.13. The molecule has 2 nitrogen and oxygen atoms in total. The SMILES string of the molecule is CN(C)C[C@H](Cc1ccccc1)C(O)(c1ccccc1)c1ccccc1. The van der Waals surface area contributed by atoms with Crippen molar-refractivity contribution in [3.05, 3.63) is 108 Å². The third-order valence-electron chi connectivity index (χ3n) is 4.93. The molecule has 0 fully saturated rings. The van der Waals surface area contributed by atoms with Crippen LogP contribution in [0.5, 0.6) is 0 Å². The van der Waals surface area contributed by atoms with Gasteiger partial charge < -0.3 is 10.0 Å². The lowest BCUT2D eigenvalue weighted by Gasteiger charge is -2.39. The molecule has 0 amide bonds. The molecule has 26 heavy (non-hydrogen) atoms. The summed E-state index contributed by atoms with van der Waals surface area (Å²) in [7, 11) is 4.13. The van der Waals surface area contributed by atoms with Crippen LogP contribution in [0.25, 0.3) is 0 Å². The van der Waals surface area contributed by atoms with Crippen molar-refractivity contribution in [3.8, 4) is 0 Å². The molecule has 3 aromatic carbocycles. The molecule has 1 atom stereocenters. The molecule has 0 aromatic heterocycles. The van der Waals surface area contributed by atoms with Gasteiger partial charge in [0.2, 0.25) is 0 Å². The van der Waals surface area contributed by atoms with Gasteiger partial charge in [0.05, 0.1) is 0 Å². The second kappa shape index (κ2) is 8.31. The third kappa shape index (κ3) is 4.04. The molecule has 2 heteroatoms. The highest BCUT2D eigenvalue weighted by molar-refractivity contribution is 5.38.